The third-order valence-corrected chi connectivity index (χ3v) is 6.26. The molecular formula is C21H29NO4. The minimum Gasteiger partial charge on any atom is -0.479 e. The second-order valence-corrected chi connectivity index (χ2v) is 8.00. The molecule has 0 spiro atoms. The number of rotatable bonds is 4. The van der Waals surface area contributed by atoms with E-state index in [1.807, 2.05) is 0 Å². The van der Waals surface area contributed by atoms with Crippen molar-refractivity contribution in [1.29, 1.82) is 0 Å². The normalized spacial score (nSPS) is 36.5. The Kier molecular flexibility index (Phi) is 5.66. The highest BCUT2D eigenvalue weighted by Crippen LogP contribution is 2.52. The van der Waals surface area contributed by atoms with Crippen molar-refractivity contribution in [2.75, 3.05) is 6.61 Å². The Labute approximate surface area is 155 Å². The van der Waals surface area contributed by atoms with Crippen molar-refractivity contribution in [3.05, 3.63) is 35.5 Å². The minimum absolute atomic E-state index is 0.0375. The number of carbonyl (C=O) groups is 1. The molecule has 3 fully saturated rings. The SMILES string of the molecule is C=C1CC[C@@H](O)C/C1=C\C=C1/CCC[C@]2(C)/C(=N/OCC(=O)O)CCC12. The summed E-state index contributed by atoms with van der Waals surface area (Å²) in [5, 5.41) is 22.8. The summed E-state index contributed by atoms with van der Waals surface area (Å²) in [4.78, 5) is 15.7. The maximum Gasteiger partial charge on any atom is 0.344 e. The number of fused-ring (bicyclic) bond motifs is 1. The average Bonchev–Trinajstić information content (AvgIpc) is 2.92. The molecule has 0 aliphatic heterocycles. The van der Waals surface area contributed by atoms with Gasteiger partial charge in [-0.05, 0) is 62.9 Å². The first-order valence-corrected chi connectivity index (χ1v) is 9.57. The first kappa shape index (κ1) is 18.9. The van der Waals surface area contributed by atoms with Gasteiger partial charge >= 0.3 is 5.97 Å². The van der Waals surface area contributed by atoms with Gasteiger partial charge in [0, 0.05) is 5.41 Å². The first-order valence-electron chi connectivity index (χ1n) is 9.57. The smallest absolute Gasteiger partial charge is 0.344 e. The van der Waals surface area contributed by atoms with Crippen LogP contribution in [0.3, 0.4) is 0 Å². The van der Waals surface area contributed by atoms with E-state index in [-0.39, 0.29) is 18.1 Å². The summed E-state index contributed by atoms with van der Waals surface area (Å²) in [5.74, 6) is -0.568. The molecule has 0 amide bonds. The van der Waals surface area contributed by atoms with E-state index < -0.39 is 5.97 Å². The highest BCUT2D eigenvalue weighted by atomic mass is 16.6. The van der Waals surface area contributed by atoms with Crippen LogP contribution in [0.1, 0.15) is 58.3 Å². The predicted octanol–water partition coefficient (Wildman–Crippen LogP) is 4.00. The second kappa shape index (κ2) is 7.78. The maximum atomic E-state index is 10.6. The first-order chi connectivity index (χ1) is 12.4. The maximum absolute atomic E-state index is 10.6. The summed E-state index contributed by atoms with van der Waals surface area (Å²) in [6.07, 6.45) is 11.7. The third kappa shape index (κ3) is 3.93. The van der Waals surface area contributed by atoms with Gasteiger partial charge in [-0.3, -0.25) is 0 Å². The molecule has 0 saturated heterocycles. The Morgan fingerprint density at radius 2 is 2.15 bits per heavy atom. The fourth-order valence-electron chi connectivity index (χ4n) is 4.74. The molecule has 0 radical (unpaired) electrons. The molecule has 142 valence electrons. The van der Waals surface area contributed by atoms with Gasteiger partial charge in [-0.25, -0.2) is 4.79 Å². The Morgan fingerprint density at radius 1 is 1.35 bits per heavy atom. The fraction of sp³-hybridized carbons (Fsp3) is 0.619. The molecule has 0 aromatic carbocycles. The number of hydrogen-bond donors (Lipinski definition) is 2. The number of nitrogens with zero attached hydrogens (tertiary/aromatic N) is 1. The van der Waals surface area contributed by atoms with Crippen LogP contribution in [-0.4, -0.2) is 34.6 Å². The van der Waals surface area contributed by atoms with Gasteiger partial charge in [0.15, 0.2) is 0 Å². The molecule has 0 aromatic rings. The summed E-state index contributed by atoms with van der Waals surface area (Å²) < 4.78 is 0. The van der Waals surface area contributed by atoms with Crippen LogP contribution in [0.15, 0.2) is 40.6 Å². The second-order valence-electron chi connectivity index (χ2n) is 8.00. The highest BCUT2D eigenvalue weighted by molar-refractivity contribution is 5.92. The van der Waals surface area contributed by atoms with Crippen LogP contribution in [-0.2, 0) is 9.63 Å². The van der Waals surface area contributed by atoms with Crippen molar-refractivity contribution >= 4 is 11.7 Å². The zero-order valence-corrected chi connectivity index (χ0v) is 15.5. The molecule has 0 heterocycles. The Balaban J connectivity index is 1.77. The molecule has 26 heavy (non-hydrogen) atoms. The zero-order valence-electron chi connectivity index (χ0n) is 15.5. The third-order valence-electron chi connectivity index (χ3n) is 6.26. The molecule has 3 aliphatic rings. The van der Waals surface area contributed by atoms with Crippen molar-refractivity contribution in [2.45, 2.75) is 64.4 Å². The number of aliphatic hydroxyl groups is 1. The van der Waals surface area contributed by atoms with E-state index in [2.05, 4.69) is 30.8 Å². The molecule has 2 N–H and O–H groups in total. The molecule has 1 unspecified atom stereocenters. The van der Waals surface area contributed by atoms with Crippen LogP contribution in [0.25, 0.3) is 0 Å². The number of aliphatic carboxylic acids is 1. The van der Waals surface area contributed by atoms with Gasteiger partial charge in [0.2, 0.25) is 6.61 Å². The van der Waals surface area contributed by atoms with Crippen LogP contribution >= 0.6 is 0 Å². The summed E-state index contributed by atoms with van der Waals surface area (Å²) in [5.41, 5.74) is 4.70. The van der Waals surface area contributed by atoms with Crippen LogP contribution in [0.2, 0.25) is 0 Å². The quantitative estimate of drug-likeness (QED) is 0.744. The number of carboxylic acids is 1. The molecule has 3 aliphatic carbocycles. The van der Waals surface area contributed by atoms with Gasteiger partial charge in [0.1, 0.15) is 0 Å². The molecule has 5 nitrogen and oxygen atoms in total. The molecule has 0 bridgehead atoms. The summed E-state index contributed by atoms with van der Waals surface area (Å²) in [7, 11) is 0. The molecule has 5 heteroatoms. The average molecular weight is 359 g/mol. The lowest BCUT2D eigenvalue weighted by Gasteiger charge is -2.38. The topological polar surface area (TPSA) is 79.1 Å². The van der Waals surface area contributed by atoms with E-state index in [0.29, 0.717) is 12.3 Å². The molecule has 3 rings (SSSR count). The van der Waals surface area contributed by atoms with Gasteiger partial charge in [-0.2, -0.15) is 0 Å². The Bertz CT molecular complexity index is 675. The van der Waals surface area contributed by atoms with E-state index in [0.717, 1.165) is 56.2 Å². The number of oxime groups is 1. The van der Waals surface area contributed by atoms with Crippen LogP contribution < -0.4 is 0 Å². The van der Waals surface area contributed by atoms with E-state index in [4.69, 9.17) is 9.94 Å². The van der Waals surface area contributed by atoms with Gasteiger partial charge in [-0.1, -0.05) is 42.0 Å². The van der Waals surface area contributed by atoms with Gasteiger partial charge in [-0.15, -0.1) is 0 Å². The number of allylic oxidation sites excluding steroid dienone is 4. The van der Waals surface area contributed by atoms with Crippen molar-refractivity contribution in [1.82, 2.24) is 0 Å². The van der Waals surface area contributed by atoms with Gasteiger partial charge in [0.25, 0.3) is 0 Å². The van der Waals surface area contributed by atoms with E-state index in [1.54, 1.807) is 0 Å². The van der Waals surface area contributed by atoms with E-state index >= 15 is 0 Å². The van der Waals surface area contributed by atoms with Crippen LogP contribution in [0.5, 0.6) is 0 Å². The summed E-state index contributed by atoms with van der Waals surface area (Å²) in [6, 6.07) is 0. The summed E-state index contributed by atoms with van der Waals surface area (Å²) in [6.45, 7) is 5.99. The van der Waals surface area contributed by atoms with E-state index in [9.17, 15) is 9.90 Å². The van der Waals surface area contributed by atoms with Crippen LogP contribution in [0, 0.1) is 11.3 Å². The van der Waals surface area contributed by atoms with Crippen molar-refractivity contribution in [3.63, 3.8) is 0 Å². The van der Waals surface area contributed by atoms with Crippen molar-refractivity contribution < 1.29 is 19.8 Å². The summed E-state index contributed by atoms with van der Waals surface area (Å²) >= 11 is 0. The zero-order chi connectivity index (χ0) is 18.7. The largest absolute Gasteiger partial charge is 0.479 e. The Morgan fingerprint density at radius 3 is 2.92 bits per heavy atom. The molecular weight excluding hydrogens is 330 g/mol. The van der Waals surface area contributed by atoms with Gasteiger partial charge < -0.3 is 15.1 Å². The lowest BCUT2D eigenvalue weighted by atomic mass is 9.66. The Hall–Kier alpha value is -1.88. The predicted molar refractivity (Wildman–Crippen MR) is 101 cm³/mol. The molecule has 3 atom stereocenters. The number of hydrogen-bond acceptors (Lipinski definition) is 4. The van der Waals surface area contributed by atoms with Crippen molar-refractivity contribution in [3.8, 4) is 0 Å². The number of aliphatic hydroxyl groups excluding tert-OH is 1. The van der Waals surface area contributed by atoms with E-state index in [1.165, 1.54) is 11.1 Å². The number of carboxylic acid groups (broad SMARTS) is 1. The van der Waals surface area contributed by atoms with Crippen LogP contribution in [0.4, 0.5) is 0 Å². The molecule has 3 saturated carbocycles. The lowest BCUT2D eigenvalue weighted by Crippen LogP contribution is -2.33. The van der Waals surface area contributed by atoms with Crippen molar-refractivity contribution in [2.24, 2.45) is 16.5 Å². The lowest BCUT2D eigenvalue weighted by molar-refractivity contribution is -0.142. The standard InChI is InChI=1S/C21H29NO4/c1-14-5-8-17(23)12-16(14)7-6-15-4-3-11-21(2)18(15)9-10-19(21)22-26-13-20(24)25/h6-7,17-18,23H,1,3-5,8-13H2,2H3,(H,24,25)/b15-6+,16-7+,22-19+/t17-,18?,21+/m1/s1. The minimum atomic E-state index is -1.00. The van der Waals surface area contributed by atoms with Gasteiger partial charge in [0.05, 0.1) is 11.8 Å². The fourth-order valence-corrected chi connectivity index (χ4v) is 4.74. The highest BCUT2D eigenvalue weighted by Gasteiger charge is 2.47. The molecule has 0 aromatic heterocycles. The monoisotopic (exact) mass is 359 g/mol.